The largest absolute Gasteiger partial charge is 0.377 e. The van der Waals surface area contributed by atoms with Crippen LogP contribution in [-0.2, 0) is 32.0 Å². The van der Waals surface area contributed by atoms with Gasteiger partial charge in [-0.05, 0) is 68.2 Å². The second-order valence-electron chi connectivity index (χ2n) is 11.4. The first-order valence-corrected chi connectivity index (χ1v) is 14.9. The molecule has 3 amide bonds. The molecule has 2 heterocycles. The zero-order valence-corrected chi connectivity index (χ0v) is 24.4. The minimum Gasteiger partial charge on any atom is -0.377 e. The van der Waals surface area contributed by atoms with E-state index < -0.39 is 29.8 Å². The summed E-state index contributed by atoms with van der Waals surface area (Å²) in [6.45, 7) is 5.14. The van der Waals surface area contributed by atoms with Crippen LogP contribution in [0.1, 0.15) is 57.1 Å². The maximum absolute atomic E-state index is 14.0. The molecule has 228 valence electrons. The summed E-state index contributed by atoms with van der Waals surface area (Å²) in [5.74, 6) is -2.24. The molecular formula is C32H42F2N4O4. The molecule has 0 radical (unpaired) electrons. The second-order valence-corrected chi connectivity index (χ2v) is 11.4. The molecule has 3 N–H and O–H groups in total. The first-order valence-electron chi connectivity index (χ1n) is 14.9. The lowest BCUT2D eigenvalue weighted by Gasteiger charge is -2.30. The number of hydrogen-bond donors (Lipinski definition) is 3. The quantitative estimate of drug-likeness (QED) is 0.317. The molecule has 0 aromatic heterocycles. The fourth-order valence-electron chi connectivity index (χ4n) is 5.99. The Morgan fingerprint density at radius 1 is 1.12 bits per heavy atom. The number of nitrogens with zero attached hydrogens (tertiary/aromatic N) is 1. The number of likely N-dealkylation sites (tertiary alicyclic amines) is 1. The van der Waals surface area contributed by atoms with Crippen LogP contribution in [0.5, 0.6) is 0 Å². The van der Waals surface area contributed by atoms with Gasteiger partial charge in [-0.15, -0.1) is 0 Å². The average Bonchev–Trinajstić information content (AvgIpc) is 3.53. The summed E-state index contributed by atoms with van der Waals surface area (Å²) in [5, 5.41) is 9.28. The molecule has 0 saturated carbocycles. The Kier molecular flexibility index (Phi) is 11.4. The van der Waals surface area contributed by atoms with E-state index in [1.54, 1.807) is 4.90 Å². The van der Waals surface area contributed by atoms with Crippen molar-refractivity contribution in [3.8, 4) is 0 Å². The molecule has 2 fully saturated rings. The smallest absolute Gasteiger partial charge is 0.245 e. The van der Waals surface area contributed by atoms with Crippen molar-refractivity contribution in [2.75, 3.05) is 19.7 Å². The third-order valence-corrected chi connectivity index (χ3v) is 7.90. The molecule has 2 saturated heterocycles. The van der Waals surface area contributed by atoms with Crippen LogP contribution in [-0.4, -0.2) is 72.6 Å². The van der Waals surface area contributed by atoms with E-state index in [-0.39, 0.29) is 36.3 Å². The van der Waals surface area contributed by atoms with Gasteiger partial charge < -0.3 is 25.6 Å². The highest BCUT2D eigenvalue weighted by Gasteiger charge is 2.40. The van der Waals surface area contributed by atoms with Gasteiger partial charge in [0.15, 0.2) is 0 Å². The number of benzene rings is 2. The second kappa shape index (κ2) is 15.2. The molecular weight excluding hydrogens is 542 g/mol. The minimum absolute atomic E-state index is 0.0518. The third-order valence-electron chi connectivity index (χ3n) is 7.90. The van der Waals surface area contributed by atoms with E-state index >= 15 is 0 Å². The van der Waals surface area contributed by atoms with Crippen LogP contribution in [0.2, 0.25) is 0 Å². The van der Waals surface area contributed by atoms with Gasteiger partial charge in [0.2, 0.25) is 17.7 Å². The predicted molar refractivity (Wildman–Crippen MR) is 156 cm³/mol. The lowest BCUT2D eigenvalue weighted by atomic mass is 9.96. The maximum atomic E-state index is 14.0. The molecule has 42 heavy (non-hydrogen) atoms. The summed E-state index contributed by atoms with van der Waals surface area (Å²) in [6.07, 6.45) is 3.92. The Bertz CT molecular complexity index is 1190. The number of carbonyl (C=O) groups excluding carboxylic acids is 3. The lowest BCUT2D eigenvalue weighted by molar-refractivity contribution is -0.139. The Balaban J connectivity index is 1.52. The van der Waals surface area contributed by atoms with Crippen molar-refractivity contribution in [3.05, 3.63) is 71.3 Å². The van der Waals surface area contributed by atoms with Gasteiger partial charge >= 0.3 is 0 Å². The fourth-order valence-corrected chi connectivity index (χ4v) is 5.99. The highest BCUT2D eigenvalue weighted by molar-refractivity contribution is 5.93. The molecule has 2 aromatic carbocycles. The van der Waals surface area contributed by atoms with E-state index in [0.717, 1.165) is 24.5 Å². The number of aryl methyl sites for hydroxylation is 1. The third kappa shape index (κ3) is 9.06. The SMILES string of the molecule is CCCO[C@H]1CN[C@@H](C[C@H](Cc2cc(F)cc(F)c2)NC(=O)[C@H](CCc2ccccc2)N2CC[C@@H](NC(C)=O)C2=O)C1. The fraction of sp³-hybridized carbons (Fsp3) is 0.531. The average molecular weight is 585 g/mol. The first-order chi connectivity index (χ1) is 20.2. The van der Waals surface area contributed by atoms with E-state index in [4.69, 9.17) is 4.74 Å². The van der Waals surface area contributed by atoms with E-state index in [0.29, 0.717) is 50.9 Å². The van der Waals surface area contributed by atoms with Crippen molar-refractivity contribution >= 4 is 17.7 Å². The van der Waals surface area contributed by atoms with Gasteiger partial charge in [0, 0.05) is 44.8 Å². The van der Waals surface area contributed by atoms with Crippen LogP contribution < -0.4 is 16.0 Å². The summed E-state index contributed by atoms with van der Waals surface area (Å²) < 4.78 is 34.0. The molecule has 2 aliphatic rings. The highest BCUT2D eigenvalue weighted by atomic mass is 19.1. The number of carbonyl (C=O) groups is 3. The van der Waals surface area contributed by atoms with Gasteiger partial charge in [-0.3, -0.25) is 14.4 Å². The maximum Gasteiger partial charge on any atom is 0.245 e. The van der Waals surface area contributed by atoms with Crippen molar-refractivity contribution in [2.24, 2.45) is 0 Å². The monoisotopic (exact) mass is 584 g/mol. The van der Waals surface area contributed by atoms with Crippen LogP contribution in [0.3, 0.4) is 0 Å². The number of rotatable bonds is 14. The van der Waals surface area contributed by atoms with Crippen LogP contribution in [0.25, 0.3) is 0 Å². The molecule has 8 nitrogen and oxygen atoms in total. The lowest BCUT2D eigenvalue weighted by Crippen LogP contribution is -2.53. The Morgan fingerprint density at radius 3 is 2.55 bits per heavy atom. The number of amides is 3. The minimum atomic E-state index is -0.764. The van der Waals surface area contributed by atoms with E-state index in [1.165, 1.54) is 19.1 Å². The van der Waals surface area contributed by atoms with Crippen molar-refractivity contribution in [1.29, 1.82) is 0 Å². The molecule has 10 heteroatoms. The first kappa shape index (κ1) is 31.6. The topological polar surface area (TPSA) is 99.8 Å². The van der Waals surface area contributed by atoms with Gasteiger partial charge in [-0.2, -0.15) is 0 Å². The van der Waals surface area contributed by atoms with Gasteiger partial charge in [-0.25, -0.2) is 8.78 Å². The summed E-state index contributed by atoms with van der Waals surface area (Å²) in [4.78, 5) is 40.4. The van der Waals surface area contributed by atoms with Gasteiger partial charge in [0.25, 0.3) is 0 Å². The van der Waals surface area contributed by atoms with Crippen LogP contribution in [0.4, 0.5) is 8.78 Å². The van der Waals surface area contributed by atoms with E-state index in [1.807, 2.05) is 30.3 Å². The summed E-state index contributed by atoms with van der Waals surface area (Å²) in [6, 6.07) is 11.3. The molecule has 0 bridgehead atoms. The zero-order valence-electron chi connectivity index (χ0n) is 24.4. The normalized spacial score (nSPS) is 21.8. The number of hydrogen-bond acceptors (Lipinski definition) is 5. The Hall–Kier alpha value is -3.37. The predicted octanol–water partition coefficient (Wildman–Crippen LogP) is 3.28. The number of nitrogens with one attached hydrogen (secondary N) is 3. The van der Waals surface area contributed by atoms with E-state index in [2.05, 4.69) is 22.9 Å². The van der Waals surface area contributed by atoms with E-state index in [9.17, 15) is 23.2 Å². The number of ether oxygens (including phenoxy) is 1. The summed E-state index contributed by atoms with van der Waals surface area (Å²) in [5.41, 5.74) is 1.49. The molecule has 5 atom stereocenters. The van der Waals surface area contributed by atoms with Crippen molar-refractivity contribution in [3.63, 3.8) is 0 Å². The van der Waals surface area contributed by atoms with Crippen LogP contribution >= 0.6 is 0 Å². The molecule has 2 aromatic rings. The molecule has 0 unspecified atom stereocenters. The number of halogens is 2. The zero-order chi connectivity index (χ0) is 30.1. The van der Waals surface area contributed by atoms with Gasteiger partial charge in [0.1, 0.15) is 23.7 Å². The van der Waals surface area contributed by atoms with Crippen molar-refractivity contribution < 1.29 is 27.9 Å². The highest BCUT2D eigenvalue weighted by Crippen LogP contribution is 2.22. The molecule has 2 aliphatic heterocycles. The molecule has 0 aliphatic carbocycles. The standard InChI is InChI=1S/C32H42F2N4O4/c1-3-13-42-28-19-26(35-20-28)18-27(16-23-14-24(33)17-25(34)15-23)37-31(40)30(10-9-22-7-5-4-6-8-22)38-12-11-29(32(38)41)36-21(2)39/h4-8,14-15,17,26-30,35H,3,9-13,16,18-20H2,1-2H3,(H,36,39)(H,37,40)/t26-,27-,28+,29+,30-/m0/s1. The van der Waals surface area contributed by atoms with Crippen molar-refractivity contribution in [1.82, 2.24) is 20.9 Å². The Morgan fingerprint density at radius 2 is 1.86 bits per heavy atom. The van der Waals surface area contributed by atoms with Crippen LogP contribution in [0.15, 0.2) is 48.5 Å². The van der Waals surface area contributed by atoms with Crippen molar-refractivity contribution in [2.45, 2.75) is 89.1 Å². The summed E-state index contributed by atoms with van der Waals surface area (Å²) >= 11 is 0. The molecule has 0 spiro atoms. The van der Waals surface area contributed by atoms with Crippen LogP contribution in [0, 0.1) is 11.6 Å². The van der Waals surface area contributed by atoms with Gasteiger partial charge in [0.05, 0.1) is 6.10 Å². The molecule has 4 rings (SSSR count). The Labute approximate surface area is 246 Å². The summed E-state index contributed by atoms with van der Waals surface area (Å²) in [7, 11) is 0. The van der Waals surface area contributed by atoms with Gasteiger partial charge in [-0.1, -0.05) is 37.3 Å².